The van der Waals surface area contributed by atoms with Crippen molar-refractivity contribution in [1.29, 1.82) is 0 Å². The first-order valence-corrected chi connectivity index (χ1v) is 12.9. The van der Waals surface area contributed by atoms with E-state index in [1.165, 1.54) is 0 Å². The maximum absolute atomic E-state index is 14.2. The number of amides is 2. The van der Waals surface area contributed by atoms with E-state index in [4.69, 9.17) is 26.2 Å². The molecule has 4 aliphatic heterocycles. The summed E-state index contributed by atoms with van der Waals surface area (Å²) in [5.41, 5.74) is -1.69. The molecule has 2 fully saturated rings. The van der Waals surface area contributed by atoms with Gasteiger partial charge in [-0.15, -0.1) is 0 Å². The van der Waals surface area contributed by atoms with Crippen molar-refractivity contribution < 1.29 is 29.0 Å². The summed E-state index contributed by atoms with van der Waals surface area (Å²) in [5.74, 6) is -2.73. The molecule has 1 aromatic carbocycles. The SMILES string of the molecule is C[C@]12C=CCOC(=O)[C@H]1[C@H]1C(=O)N(CCCCCCO)C3C(=O)N(c4ccc(Cl)cc4)CC=C[C@@]31O2. The van der Waals surface area contributed by atoms with Gasteiger partial charge < -0.3 is 24.4 Å². The summed E-state index contributed by atoms with van der Waals surface area (Å²) in [4.78, 5) is 44.6. The number of aliphatic hydroxyl groups excluding tert-OH is 1. The van der Waals surface area contributed by atoms with Crippen LogP contribution in [0.4, 0.5) is 5.69 Å². The van der Waals surface area contributed by atoms with Crippen molar-refractivity contribution in [1.82, 2.24) is 4.90 Å². The van der Waals surface area contributed by atoms with E-state index in [1.54, 1.807) is 53.1 Å². The fraction of sp³-hybridized carbons (Fsp3) is 0.519. The Kier molecular flexibility index (Phi) is 6.70. The van der Waals surface area contributed by atoms with Crippen LogP contribution in [0.2, 0.25) is 5.02 Å². The number of fused-ring (bicyclic) bond motifs is 2. The lowest BCUT2D eigenvalue weighted by atomic mass is 9.75. The lowest BCUT2D eigenvalue weighted by Crippen LogP contribution is -2.56. The molecule has 4 aliphatic rings. The number of likely N-dealkylation sites (tertiary alicyclic amines) is 1. The number of esters is 1. The minimum Gasteiger partial charge on any atom is -0.461 e. The van der Waals surface area contributed by atoms with Gasteiger partial charge in [0.05, 0.1) is 11.5 Å². The number of ether oxygens (including phenoxy) is 2. The molecule has 0 aromatic heterocycles. The van der Waals surface area contributed by atoms with Crippen LogP contribution in [-0.4, -0.2) is 71.3 Å². The van der Waals surface area contributed by atoms with Gasteiger partial charge in [0.2, 0.25) is 5.91 Å². The number of hydrogen-bond acceptors (Lipinski definition) is 6. The van der Waals surface area contributed by atoms with Crippen LogP contribution in [-0.2, 0) is 23.9 Å². The fourth-order valence-corrected chi connectivity index (χ4v) is 6.32. The second-order valence-corrected chi connectivity index (χ2v) is 10.5. The molecule has 0 saturated carbocycles. The highest BCUT2D eigenvalue weighted by Gasteiger charge is 2.74. The number of hydrogen-bond donors (Lipinski definition) is 1. The zero-order valence-electron chi connectivity index (χ0n) is 20.3. The molecule has 2 saturated heterocycles. The average Bonchev–Trinajstić information content (AvgIpc) is 3.10. The van der Waals surface area contributed by atoms with E-state index in [9.17, 15) is 14.4 Å². The van der Waals surface area contributed by atoms with Gasteiger partial charge in [0.1, 0.15) is 24.2 Å². The number of carbonyl (C=O) groups is 3. The minimum absolute atomic E-state index is 0.124. The molecule has 9 heteroatoms. The monoisotopic (exact) mass is 514 g/mol. The van der Waals surface area contributed by atoms with Crippen LogP contribution < -0.4 is 4.90 Å². The first kappa shape index (κ1) is 25.0. The number of benzene rings is 1. The summed E-state index contributed by atoms with van der Waals surface area (Å²) >= 11 is 6.07. The summed E-state index contributed by atoms with van der Waals surface area (Å²) in [6.45, 7) is 2.70. The second-order valence-electron chi connectivity index (χ2n) is 10.0. The molecule has 1 aromatic rings. The molecule has 1 unspecified atom stereocenters. The number of carbonyl (C=O) groups excluding carboxylic acids is 3. The standard InChI is InChI=1S/C27H31ClN2O6/c1-26-12-7-17-35-25(34)21(26)20-23(32)30(14-4-2-3-5-16-31)22-24(33)29(15-6-13-27(20,22)36-26)19-10-8-18(28)9-11-19/h6-13,20-22,31H,2-5,14-17H2,1H3/t20-,21+,22?,26-,27-/m0/s1. The fourth-order valence-electron chi connectivity index (χ4n) is 6.20. The lowest BCUT2D eigenvalue weighted by Gasteiger charge is -2.37. The van der Waals surface area contributed by atoms with Crippen molar-refractivity contribution in [2.24, 2.45) is 11.8 Å². The van der Waals surface area contributed by atoms with Crippen molar-refractivity contribution in [2.75, 3.05) is 31.2 Å². The number of halogens is 1. The summed E-state index contributed by atoms with van der Waals surface area (Å²) in [7, 11) is 0. The number of rotatable bonds is 7. The maximum Gasteiger partial charge on any atom is 0.313 e. The lowest BCUT2D eigenvalue weighted by molar-refractivity contribution is -0.156. The van der Waals surface area contributed by atoms with E-state index in [-0.39, 0.29) is 25.0 Å². The van der Waals surface area contributed by atoms with Gasteiger partial charge in [-0.25, -0.2) is 0 Å². The van der Waals surface area contributed by atoms with Gasteiger partial charge in [-0.05, 0) is 50.1 Å². The highest BCUT2D eigenvalue weighted by atomic mass is 35.5. The van der Waals surface area contributed by atoms with E-state index in [0.29, 0.717) is 36.6 Å². The highest BCUT2D eigenvalue weighted by Crippen LogP contribution is 2.57. The van der Waals surface area contributed by atoms with Gasteiger partial charge in [0.15, 0.2) is 0 Å². The quantitative estimate of drug-likeness (QED) is 0.341. The molecule has 0 aliphatic carbocycles. The summed E-state index contributed by atoms with van der Waals surface area (Å²) in [6, 6.07) is 6.08. The molecule has 0 bridgehead atoms. The van der Waals surface area contributed by atoms with Gasteiger partial charge in [-0.2, -0.15) is 0 Å². The molecular weight excluding hydrogens is 484 g/mol. The van der Waals surface area contributed by atoms with Gasteiger partial charge in [-0.3, -0.25) is 14.4 Å². The van der Waals surface area contributed by atoms with E-state index in [0.717, 1.165) is 12.8 Å². The molecule has 8 nitrogen and oxygen atoms in total. The van der Waals surface area contributed by atoms with Crippen molar-refractivity contribution in [2.45, 2.75) is 49.9 Å². The predicted molar refractivity (Wildman–Crippen MR) is 133 cm³/mol. The number of anilines is 1. The molecule has 5 rings (SSSR count). The predicted octanol–water partition coefficient (Wildman–Crippen LogP) is 2.88. The Morgan fingerprint density at radius 3 is 2.50 bits per heavy atom. The van der Waals surface area contributed by atoms with E-state index in [1.807, 2.05) is 12.2 Å². The molecule has 36 heavy (non-hydrogen) atoms. The van der Waals surface area contributed by atoms with Crippen LogP contribution >= 0.6 is 11.6 Å². The minimum atomic E-state index is -1.29. The van der Waals surface area contributed by atoms with Gasteiger partial charge >= 0.3 is 5.97 Å². The molecule has 5 atom stereocenters. The first-order chi connectivity index (χ1) is 17.3. The van der Waals surface area contributed by atoms with Gasteiger partial charge in [0.25, 0.3) is 5.91 Å². The largest absolute Gasteiger partial charge is 0.461 e. The summed E-state index contributed by atoms with van der Waals surface area (Å²) in [6.07, 6.45) is 10.2. The first-order valence-electron chi connectivity index (χ1n) is 12.5. The molecule has 0 radical (unpaired) electrons. The Hall–Kier alpha value is -2.68. The topological polar surface area (TPSA) is 96.4 Å². The third-order valence-electron chi connectivity index (χ3n) is 7.76. The molecule has 1 spiro atoms. The van der Waals surface area contributed by atoms with Crippen LogP contribution in [0.5, 0.6) is 0 Å². The zero-order valence-corrected chi connectivity index (χ0v) is 21.0. The summed E-state index contributed by atoms with van der Waals surface area (Å²) < 4.78 is 12.1. The Labute approximate surface area is 215 Å². The van der Waals surface area contributed by atoms with Crippen molar-refractivity contribution in [3.63, 3.8) is 0 Å². The van der Waals surface area contributed by atoms with Crippen LogP contribution in [0.1, 0.15) is 32.6 Å². The normalized spacial score (nSPS) is 33.2. The van der Waals surface area contributed by atoms with E-state index < -0.39 is 35.0 Å². The number of cyclic esters (lactones) is 1. The number of aliphatic hydroxyl groups is 1. The highest BCUT2D eigenvalue weighted by molar-refractivity contribution is 6.30. The van der Waals surface area contributed by atoms with Crippen LogP contribution in [0, 0.1) is 11.8 Å². The van der Waals surface area contributed by atoms with Crippen molar-refractivity contribution in [3.05, 3.63) is 53.6 Å². The van der Waals surface area contributed by atoms with Crippen molar-refractivity contribution in [3.8, 4) is 0 Å². The van der Waals surface area contributed by atoms with Crippen LogP contribution in [0.3, 0.4) is 0 Å². The third kappa shape index (κ3) is 3.96. The average molecular weight is 515 g/mol. The molecule has 192 valence electrons. The van der Waals surface area contributed by atoms with Gasteiger partial charge in [-0.1, -0.05) is 42.7 Å². The molecule has 1 N–H and O–H groups in total. The smallest absolute Gasteiger partial charge is 0.313 e. The second kappa shape index (κ2) is 9.65. The Balaban J connectivity index is 1.55. The Morgan fingerprint density at radius 1 is 1.00 bits per heavy atom. The Bertz CT molecular complexity index is 1100. The van der Waals surface area contributed by atoms with Crippen LogP contribution in [0.15, 0.2) is 48.6 Å². The van der Waals surface area contributed by atoms with Crippen LogP contribution in [0.25, 0.3) is 0 Å². The molecule has 2 amide bonds. The molecular formula is C27H31ClN2O6. The molecule has 4 heterocycles. The zero-order chi connectivity index (χ0) is 25.5. The van der Waals surface area contributed by atoms with Gasteiger partial charge in [0, 0.05) is 30.4 Å². The number of unbranched alkanes of at least 4 members (excludes halogenated alkanes) is 3. The Morgan fingerprint density at radius 2 is 1.75 bits per heavy atom. The third-order valence-corrected chi connectivity index (χ3v) is 8.01. The number of nitrogens with zero attached hydrogens (tertiary/aromatic N) is 2. The van der Waals surface area contributed by atoms with Crippen molar-refractivity contribution >= 4 is 35.1 Å². The summed E-state index contributed by atoms with van der Waals surface area (Å²) in [5, 5.41) is 9.65. The van der Waals surface area contributed by atoms with E-state index >= 15 is 0 Å². The maximum atomic E-state index is 14.2. The van der Waals surface area contributed by atoms with E-state index in [2.05, 4.69) is 0 Å².